The Morgan fingerprint density at radius 3 is 2.55 bits per heavy atom. The van der Waals surface area contributed by atoms with Gasteiger partial charge < -0.3 is 4.90 Å². The molecule has 0 aliphatic carbocycles. The lowest BCUT2D eigenvalue weighted by atomic mass is 10.1. The number of hydrogen-bond donors (Lipinski definition) is 1. The van der Waals surface area contributed by atoms with Gasteiger partial charge in [0, 0.05) is 17.6 Å². The largest absolute Gasteiger partial charge is 0.334 e. The summed E-state index contributed by atoms with van der Waals surface area (Å²) in [6.45, 7) is 3.51. The van der Waals surface area contributed by atoms with Gasteiger partial charge in [0.05, 0.1) is 10.9 Å². The highest BCUT2D eigenvalue weighted by molar-refractivity contribution is 9.10. The molecule has 0 saturated carbocycles. The first-order valence-electron chi connectivity index (χ1n) is 7.14. The number of aromatic nitrogens is 2. The minimum absolute atomic E-state index is 0.0969. The summed E-state index contributed by atoms with van der Waals surface area (Å²) in [6, 6.07) is 12.2. The summed E-state index contributed by atoms with van der Waals surface area (Å²) in [4.78, 5) is 22.1. The van der Waals surface area contributed by atoms with Crippen LogP contribution in [0.15, 0.2) is 45.7 Å². The summed E-state index contributed by atoms with van der Waals surface area (Å²) in [5.74, 6) is 0.623. The molecule has 0 amide bonds. The molecule has 22 heavy (non-hydrogen) atoms. The molecule has 1 aliphatic heterocycles. The van der Waals surface area contributed by atoms with Crippen LogP contribution in [0.4, 0.5) is 5.95 Å². The molecule has 2 aromatic carbocycles. The first-order valence-corrected chi connectivity index (χ1v) is 7.93. The van der Waals surface area contributed by atoms with E-state index in [-0.39, 0.29) is 5.56 Å². The van der Waals surface area contributed by atoms with E-state index in [0.29, 0.717) is 16.9 Å². The molecule has 0 atom stereocenters. The average Bonchev–Trinajstić information content (AvgIpc) is 2.92. The van der Waals surface area contributed by atoms with Crippen molar-refractivity contribution in [3.63, 3.8) is 0 Å². The van der Waals surface area contributed by atoms with E-state index in [2.05, 4.69) is 42.9 Å². The molecule has 1 aliphatic rings. The van der Waals surface area contributed by atoms with Crippen molar-refractivity contribution >= 4 is 32.8 Å². The van der Waals surface area contributed by atoms with Crippen LogP contribution in [0.1, 0.15) is 16.7 Å². The minimum Gasteiger partial charge on any atom is -0.334 e. The smallest absolute Gasteiger partial charge is 0.260 e. The van der Waals surface area contributed by atoms with Crippen LogP contribution in [0.3, 0.4) is 0 Å². The van der Waals surface area contributed by atoms with E-state index in [9.17, 15) is 4.79 Å². The number of fused-ring (bicyclic) bond motifs is 2. The van der Waals surface area contributed by atoms with Gasteiger partial charge in [-0.3, -0.25) is 9.78 Å². The van der Waals surface area contributed by atoms with Crippen LogP contribution in [0.2, 0.25) is 0 Å². The standard InChI is InChI=1S/C17H14BrN3O/c1-10-6-13-15(14(18)7-10)19-17(20-16(13)22)21-8-11-4-2-3-5-12(11)9-21/h2-7H,8-9H2,1H3,(H,19,20,22). The zero-order valence-electron chi connectivity index (χ0n) is 12.1. The molecule has 4 nitrogen and oxygen atoms in total. The molecule has 0 fully saturated rings. The lowest BCUT2D eigenvalue weighted by molar-refractivity contribution is 0.829. The molecule has 1 N–H and O–H groups in total. The van der Waals surface area contributed by atoms with Crippen LogP contribution in [-0.2, 0) is 13.1 Å². The van der Waals surface area contributed by atoms with E-state index in [1.165, 1.54) is 11.1 Å². The molecule has 110 valence electrons. The fourth-order valence-corrected chi connectivity index (χ4v) is 3.62. The van der Waals surface area contributed by atoms with E-state index < -0.39 is 0 Å². The van der Waals surface area contributed by atoms with Crippen molar-refractivity contribution in [3.05, 3.63) is 67.9 Å². The van der Waals surface area contributed by atoms with Crippen molar-refractivity contribution in [3.8, 4) is 0 Å². The van der Waals surface area contributed by atoms with Gasteiger partial charge in [-0.05, 0) is 51.7 Å². The number of aryl methyl sites for hydroxylation is 1. The van der Waals surface area contributed by atoms with Crippen LogP contribution in [0, 0.1) is 6.92 Å². The number of rotatable bonds is 1. The number of H-pyrrole nitrogens is 1. The van der Waals surface area contributed by atoms with E-state index in [1.807, 2.05) is 31.2 Å². The molecule has 0 bridgehead atoms. The number of halogens is 1. The number of nitrogens with zero attached hydrogens (tertiary/aromatic N) is 2. The second-order valence-electron chi connectivity index (χ2n) is 5.66. The Morgan fingerprint density at radius 2 is 1.86 bits per heavy atom. The SMILES string of the molecule is Cc1cc(Br)c2nc(N3Cc4ccccc4C3)[nH]c(=O)c2c1. The van der Waals surface area contributed by atoms with Crippen LogP contribution in [0.5, 0.6) is 0 Å². The third kappa shape index (κ3) is 2.13. The maximum absolute atomic E-state index is 12.4. The predicted octanol–water partition coefficient (Wildman–Crippen LogP) is 3.51. The van der Waals surface area contributed by atoms with Crippen molar-refractivity contribution in [2.45, 2.75) is 20.0 Å². The van der Waals surface area contributed by atoms with Gasteiger partial charge >= 0.3 is 0 Å². The van der Waals surface area contributed by atoms with Gasteiger partial charge in [-0.15, -0.1) is 0 Å². The highest BCUT2D eigenvalue weighted by atomic mass is 79.9. The van der Waals surface area contributed by atoms with Gasteiger partial charge in [-0.25, -0.2) is 4.98 Å². The highest BCUT2D eigenvalue weighted by Crippen LogP contribution is 2.28. The number of nitrogens with one attached hydrogen (secondary N) is 1. The Hall–Kier alpha value is -2.14. The molecule has 1 aromatic heterocycles. The van der Waals surface area contributed by atoms with Gasteiger partial charge in [-0.1, -0.05) is 24.3 Å². The van der Waals surface area contributed by atoms with Crippen molar-refractivity contribution in [2.75, 3.05) is 4.90 Å². The summed E-state index contributed by atoms with van der Waals surface area (Å²) in [7, 11) is 0. The van der Waals surface area contributed by atoms with E-state index in [4.69, 9.17) is 0 Å². The molecular weight excluding hydrogens is 342 g/mol. The van der Waals surface area contributed by atoms with Crippen molar-refractivity contribution in [1.82, 2.24) is 9.97 Å². The van der Waals surface area contributed by atoms with Crippen LogP contribution in [0.25, 0.3) is 10.9 Å². The topological polar surface area (TPSA) is 49.0 Å². The molecular formula is C17H14BrN3O. The van der Waals surface area contributed by atoms with Crippen LogP contribution in [-0.4, -0.2) is 9.97 Å². The van der Waals surface area contributed by atoms with Crippen molar-refractivity contribution in [1.29, 1.82) is 0 Å². The molecule has 2 heterocycles. The van der Waals surface area contributed by atoms with Crippen LogP contribution >= 0.6 is 15.9 Å². The third-order valence-electron chi connectivity index (χ3n) is 4.04. The summed E-state index contributed by atoms with van der Waals surface area (Å²) in [5.41, 5.74) is 4.22. The van der Waals surface area contributed by atoms with Crippen molar-refractivity contribution < 1.29 is 0 Å². The molecule has 0 unspecified atom stereocenters. The van der Waals surface area contributed by atoms with Gasteiger partial charge in [0.25, 0.3) is 5.56 Å². The quantitative estimate of drug-likeness (QED) is 0.726. The average molecular weight is 356 g/mol. The normalized spacial score (nSPS) is 13.6. The second-order valence-corrected chi connectivity index (χ2v) is 6.51. The predicted molar refractivity (Wildman–Crippen MR) is 91.1 cm³/mol. The van der Waals surface area contributed by atoms with E-state index in [0.717, 1.165) is 23.1 Å². The number of anilines is 1. The molecule has 0 saturated heterocycles. The summed E-state index contributed by atoms with van der Waals surface area (Å²) >= 11 is 3.52. The first kappa shape index (κ1) is 13.5. The molecule has 4 rings (SSSR count). The maximum Gasteiger partial charge on any atom is 0.260 e. The Bertz CT molecular complexity index is 923. The molecule has 0 radical (unpaired) electrons. The molecule has 0 spiro atoms. The number of aromatic amines is 1. The summed E-state index contributed by atoms with van der Waals surface area (Å²) in [6.07, 6.45) is 0. The lowest BCUT2D eigenvalue weighted by Crippen LogP contribution is -2.22. The Labute approximate surface area is 135 Å². The van der Waals surface area contributed by atoms with Gasteiger partial charge in [-0.2, -0.15) is 0 Å². The van der Waals surface area contributed by atoms with E-state index in [1.54, 1.807) is 0 Å². The van der Waals surface area contributed by atoms with E-state index >= 15 is 0 Å². The Morgan fingerprint density at radius 1 is 1.18 bits per heavy atom. The molecule has 3 aromatic rings. The fourth-order valence-electron chi connectivity index (χ4n) is 2.96. The third-order valence-corrected chi connectivity index (χ3v) is 4.64. The second kappa shape index (κ2) is 4.95. The van der Waals surface area contributed by atoms with Gasteiger partial charge in [0.1, 0.15) is 0 Å². The highest BCUT2D eigenvalue weighted by Gasteiger charge is 2.21. The fraction of sp³-hybridized carbons (Fsp3) is 0.176. The Kier molecular flexibility index (Phi) is 3.04. The van der Waals surface area contributed by atoms with Crippen LogP contribution < -0.4 is 10.5 Å². The zero-order valence-corrected chi connectivity index (χ0v) is 13.6. The lowest BCUT2D eigenvalue weighted by Gasteiger charge is -2.16. The summed E-state index contributed by atoms with van der Waals surface area (Å²) < 4.78 is 0.853. The number of hydrogen-bond acceptors (Lipinski definition) is 3. The first-order chi connectivity index (χ1) is 10.6. The number of benzene rings is 2. The van der Waals surface area contributed by atoms with Crippen molar-refractivity contribution in [2.24, 2.45) is 0 Å². The zero-order chi connectivity index (χ0) is 15.3. The minimum atomic E-state index is -0.0969. The monoisotopic (exact) mass is 355 g/mol. The maximum atomic E-state index is 12.4. The Balaban J connectivity index is 1.83. The van der Waals surface area contributed by atoms with Gasteiger partial charge in [0.15, 0.2) is 0 Å². The molecule has 5 heteroatoms. The van der Waals surface area contributed by atoms with Gasteiger partial charge in [0.2, 0.25) is 5.95 Å². The summed E-state index contributed by atoms with van der Waals surface area (Å²) in [5, 5.41) is 0.618.